The molecule has 0 fully saturated rings. The van der Waals surface area contributed by atoms with E-state index in [1.807, 2.05) is 12.1 Å². The molecule has 13 aromatic rings. The second kappa shape index (κ2) is 14.5. The first kappa shape index (κ1) is 36.1. The summed E-state index contributed by atoms with van der Waals surface area (Å²) in [5.74, 6) is 0.932. The first-order chi connectivity index (χ1) is 31.7. The van der Waals surface area contributed by atoms with Crippen LogP contribution in [-0.4, -0.2) is 19.1 Å². The molecule has 3 aromatic heterocycles. The zero-order valence-electron chi connectivity index (χ0n) is 34.7. The zero-order chi connectivity index (χ0) is 42.1. The predicted molar refractivity (Wildman–Crippen MR) is 267 cm³/mol. The summed E-state index contributed by atoms with van der Waals surface area (Å²) >= 11 is 0. The van der Waals surface area contributed by atoms with Crippen LogP contribution in [0.25, 0.3) is 122 Å². The zero-order valence-corrected chi connectivity index (χ0v) is 34.7. The lowest BCUT2D eigenvalue weighted by Gasteiger charge is -2.16. The van der Waals surface area contributed by atoms with Gasteiger partial charge in [0.2, 0.25) is 0 Å². The molecule has 0 bridgehead atoms. The molecule has 0 saturated carbocycles. The van der Waals surface area contributed by atoms with E-state index in [1.165, 1.54) is 38.0 Å². The Labute approximate surface area is 369 Å². The van der Waals surface area contributed by atoms with Crippen molar-refractivity contribution in [3.05, 3.63) is 231 Å². The van der Waals surface area contributed by atoms with Crippen molar-refractivity contribution in [2.24, 2.45) is 0 Å². The highest BCUT2D eigenvalue weighted by Gasteiger charge is 2.18. The Hall–Kier alpha value is -8.60. The standard InChI is InChI=1S/C60H38N4/c1-2-14-44(15-3-1)60-61-53-21-8-11-24-56(53)64(60)46-34-29-40(30-35-46)39-25-27-43(28-26-39)58-52-38-33-41-13-4-5-16-47(41)57(52)51-20-12-19-48(59(51)62-58)42-31-36-45(37-32-42)63-54-22-9-6-17-49(54)50-18-7-10-23-55(50)63/h1-38H. The molecule has 0 aliphatic rings. The number of pyridine rings is 1. The third kappa shape index (κ3) is 5.70. The Kier molecular flexibility index (Phi) is 8.18. The van der Waals surface area contributed by atoms with Crippen LogP contribution in [0, 0.1) is 0 Å². The van der Waals surface area contributed by atoms with Crippen LogP contribution >= 0.6 is 0 Å². The summed E-state index contributed by atoms with van der Waals surface area (Å²) in [4.78, 5) is 10.6. The van der Waals surface area contributed by atoms with E-state index in [1.54, 1.807) is 0 Å². The van der Waals surface area contributed by atoms with Gasteiger partial charge >= 0.3 is 0 Å². The summed E-state index contributed by atoms with van der Waals surface area (Å²) in [6.07, 6.45) is 0. The first-order valence-corrected chi connectivity index (χ1v) is 21.8. The van der Waals surface area contributed by atoms with Crippen molar-refractivity contribution in [1.82, 2.24) is 19.1 Å². The Morgan fingerprint density at radius 3 is 1.56 bits per heavy atom. The molecule has 298 valence electrons. The fourth-order valence-corrected chi connectivity index (χ4v) is 9.93. The van der Waals surface area contributed by atoms with Gasteiger partial charge in [-0.2, -0.15) is 0 Å². The van der Waals surface area contributed by atoms with Crippen LogP contribution in [-0.2, 0) is 0 Å². The lowest BCUT2D eigenvalue weighted by atomic mass is 9.92. The molecule has 0 saturated heterocycles. The summed E-state index contributed by atoms with van der Waals surface area (Å²) in [5, 5.41) is 8.48. The maximum Gasteiger partial charge on any atom is 0.145 e. The fourth-order valence-electron chi connectivity index (χ4n) is 9.93. The van der Waals surface area contributed by atoms with Crippen molar-refractivity contribution in [2.45, 2.75) is 0 Å². The third-order valence-corrected chi connectivity index (χ3v) is 12.9. The van der Waals surface area contributed by atoms with Crippen LogP contribution < -0.4 is 0 Å². The SMILES string of the molecule is c1ccc(-c2nc3ccccc3n2-c2ccc(-c3ccc(-c4nc5c(-c6ccc(-n7c8ccccc8c8ccccc87)cc6)cccc5c5c4ccc4ccccc45)cc3)cc2)cc1. The average Bonchev–Trinajstić information content (AvgIpc) is 3.93. The molecule has 0 atom stereocenters. The summed E-state index contributed by atoms with van der Waals surface area (Å²) in [6.45, 7) is 0. The number of rotatable bonds is 6. The summed E-state index contributed by atoms with van der Waals surface area (Å²) < 4.78 is 4.63. The maximum atomic E-state index is 5.60. The van der Waals surface area contributed by atoms with Crippen LogP contribution in [0.1, 0.15) is 0 Å². The number of hydrogen-bond donors (Lipinski definition) is 0. The molecule has 4 nitrogen and oxygen atoms in total. The summed E-state index contributed by atoms with van der Waals surface area (Å²) in [5.41, 5.74) is 15.3. The van der Waals surface area contributed by atoms with Gasteiger partial charge in [-0.1, -0.05) is 182 Å². The fraction of sp³-hybridized carbons (Fsp3) is 0. The van der Waals surface area contributed by atoms with Gasteiger partial charge in [-0.05, 0) is 76.0 Å². The highest BCUT2D eigenvalue weighted by molar-refractivity contribution is 6.24. The molecule has 0 aliphatic carbocycles. The highest BCUT2D eigenvalue weighted by atomic mass is 15.1. The van der Waals surface area contributed by atoms with Crippen LogP contribution in [0.15, 0.2) is 231 Å². The van der Waals surface area contributed by atoms with Gasteiger partial charge in [-0.15, -0.1) is 0 Å². The largest absolute Gasteiger partial charge is 0.309 e. The van der Waals surface area contributed by atoms with E-state index in [0.717, 1.165) is 83.6 Å². The number of benzene rings is 10. The van der Waals surface area contributed by atoms with Crippen molar-refractivity contribution in [3.63, 3.8) is 0 Å². The van der Waals surface area contributed by atoms with E-state index in [0.29, 0.717) is 0 Å². The molecule has 3 heterocycles. The quantitative estimate of drug-likeness (QED) is 0.157. The van der Waals surface area contributed by atoms with E-state index >= 15 is 0 Å². The molecule has 0 amide bonds. The smallest absolute Gasteiger partial charge is 0.145 e. The molecule has 0 radical (unpaired) electrons. The molecule has 0 aliphatic heterocycles. The summed E-state index contributed by atoms with van der Waals surface area (Å²) in [6, 6.07) is 82.6. The van der Waals surface area contributed by atoms with Gasteiger partial charge in [0, 0.05) is 55.0 Å². The number of fused-ring (bicyclic) bond motifs is 9. The minimum atomic E-state index is 0.932. The first-order valence-electron chi connectivity index (χ1n) is 21.8. The molecule has 0 spiro atoms. The van der Waals surface area contributed by atoms with Gasteiger partial charge in [-0.25, -0.2) is 9.97 Å². The van der Waals surface area contributed by atoms with E-state index in [4.69, 9.17) is 9.97 Å². The average molecular weight is 815 g/mol. The van der Waals surface area contributed by atoms with Crippen molar-refractivity contribution in [1.29, 1.82) is 0 Å². The van der Waals surface area contributed by atoms with Crippen LogP contribution in [0.3, 0.4) is 0 Å². The number of aromatic nitrogens is 4. The molecule has 4 heteroatoms. The van der Waals surface area contributed by atoms with Gasteiger partial charge in [0.05, 0.1) is 33.3 Å². The topological polar surface area (TPSA) is 35.6 Å². The Bertz CT molecular complexity index is 3860. The minimum absolute atomic E-state index is 0.932. The van der Waals surface area contributed by atoms with E-state index in [9.17, 15) is 0 Å². The molecule has 0 N–H and O–H groups in total. The van der Waals surface area contributed by atoms with Gasteiger partial charge in [-0.3, -0.25) is 4.57 Å². The Morgan fingerprint density at radius 2 is 0.844 bits per heavy atom. The van der Waals surface area contributed by atoms with Gasteiger partial charge in [0.15, 0.2) is 0 Å². The normalized spacial score (nSPS) is 11.8. The van der Waals surface area contributed by atoms with Crippen LogP contribution in [0.5, 0.6) is 0 Å². The third-order valence-electron chi connectivity index (χ3n) is 12.9. The molecular weight excluding hydrogens is 777 g/mol. The van der Waals surface area contributed by atoms with E-state index < -0.39 is 0 Å². The second-order valence-corrected chi connectivity index (χ2v) is 16.5. The van der Waals surface area contributed by atoms with Crippen molar-refractivity contribution in [2.75, 3.05) is 0 Å². The monoisotopic (exact) mass is 814 g/mol. The van der Waals surface area contributed by atoms with Crippen molar-refractivity contribution < 1.29 is 0 Å². The van der Waals surface area contributed by atoms with E-state index in [-0.39, 0.29) is 0 Å². The number of para-hydroxylation sites is 5. The Balaban J connectivity index is 0.909. The molecule has 13 rings (SSSR count). The van der Waals surface area contributed by atoms with Gasteiger partial charge in [0.1, 0.15) is 5.82 Å². The maximum absolute atomic E-state index is 5.60. The number of nitrogens with zero attached hydrogens (tertiary/aromatic N) is 4. The molecule has 10 aromatic carbocycles. The predicted octanol–water partition coefficient (Wildman–Crippen LogP) is 15.6. The van der Waals surface area contributed by atoms with Crippen LogP contribution in [0.4, 0.5) is 0 Å². The molecule has 64 heavy (non-hydrogen) atoms. The van der Waals surface area contributed by atoms with Crippen molar-refractivity contribution in [3.8, 4) is 56.3 Å². The lowest BCUT2D eigenvalue weighted by Crippen LogP contribution is -1.97. The molecular formula is C60H38N4. The van der Waals surface area contributed by atoms with Crippen LogP contribution in [0.2, 0.25) is 0 Å². The molecule has 0 unspecified atom stereocenters. The van der Waals surface area contributed by atoms with Gasteiger partial charge < -0.3 is 4.57 Å². The number of hydrogen-bond acceptors (Lipinski definition) is 2. The minimum Gasteiger partial charge on any atom is -0.309 e. The Morgan fingerprint density at radius 1 is 0.297 bits per heavy atom. The summed E-state index contributed by atoms with van der Waals surface area (Å²) in [7, 11) is 0. The lowest BCUT2D eigenvalue weighted by molar-refractivity contribution is 1.10. The second-order valence-electron chi connectivity index (χ2n) is 16.5. The number of imidazole rings is 1. The van der Waals surface area contributed by atoms with E-state index in [2.05, 4.69) is 228 Å². The highest BCUT2D eigenvalue weighted by Crippen LogP contribution is 2.41. The van der Waals surface area contributed by atoms with Gasteiger partial charge in [0.25, 0.3) is 0 Å². The van der Waals surface area contributed by atoms with Crippen molar-refractivity contribution >= 4 is 65.3 Å².